The van der Waals surface area contributed by atoms with Crippen LogP contribution in [0.3, 0.4) is 0 Å². The third-order valence-electron chi connectivity index (χ3n) is 2.12. The van der Waals surface area contributed by atoms with E-state index in [9.17, 15) is 22.8 Å². The molecular formula is C11H10F3NO3. The van der Waals surface area contributed by atoms with Crippen molar-refractivity contribution in [3.8, 4) is 0 Å². The number of carboxylic acids is 1. The molecule has 0 atom stereocenters. The van der Waals surface area contributed by atoms with Crippen LogP contribution in [-0.4, -0.2) is 15.6 Å². The molecule has 0 fully saturated rings. The van der Waals surface area contributed by atoms with Gasteiger partial charge in [-0.25, -0.2) is 4.79 Å². The van der Waals surface area contributed by atoms with Crippen molar-refractivity contribution in [2.24, 2.45) is 0 Å². The van der Waals surface area contributed by atoms with Gasteiger partial charge in [-0.15, -0.1) is 0 Å². The minimum atomic E-state index is -4.73. The summed E-state index contributed by atoms with van der Waals surface area (Å²) in [5.41, 5.74) is -2.78. The Bertz CT molecular complexity index is 558. The molecule has 0 aliphatic rings. The zero-order valence-corrected chi connectivity index (χ0v) is 9.41. The Kier molecular flexibility index (Phi) is 3.64. The lowest BCUT2D eigenvalue weighted by molar-refractivity contribution is -0.144. The van der Waals surface area contributed by atoms with E-state index in [2.05, 4.69) is 6.58 Å². The van der Waals surface area contributed by atoms with E-state index in [-0.39, 0.29) is 6.54 Å². The fourth-order valence-corrected chi connectivity index (χ4v) is 1.42. The number of alkyl halides is 3. The summed E-state index contributed by atoms with van der Waals surface area (Å²) in [5, 5.41) is 8.70. The molecule has 7 heteroatoms. The van der Waals surface area contributed by atoms with Crippen LogP contribution in [0.2, 0.25) is 0 Å². The molecule has 1 aromatic heterocycles. The average molecular weight is 261 g/mol. The second-order valence-electron chi connectivity index (χ2n) is 3.78. The number of hydrogen-bond donors (Lipinski definition) is 1. The van der Waals surface area contributed by atoms with Gasteiger partial charge in [0, 0.05) is 6.54 Å². The molecule has 1 rings (SSSR count). The van der Waals surface area contributed by atoms with Gasteiger partial charge >= 0.3 is 12.1 Å². The Morgan fingerprint density at radius 3 is 2.39 bits per heavy atom. The van der Waals surface area contributed by atoms with E-state index in [1.807, 2.05) is 0 Å². The molecule has 0 aliphatic heterocycles. The van der Waals surface area contributed by atoms with Crippen molar-refractivity contribution < 1.29 is 23.1 Å². The molecular weight excluding hydrogens is 251 g/mol. The molecule has 0 bridgehead atoms. The van der Waals surface area contributed by atoms with Crippen molar-refractivity contribution in [3.63, 3.8) is 0 Å². The predicted octanol–water partition coefficient (Wildman–Crippen LogP) is 2.14. The smallest absolute Gasteiger partial charge is 0.431 e. The van der Waals surface area contributed by atoms with Crippen molar-refractivity contribution in [1.82, 2.24) is 4.57 Å². The maximum atomic E-state index is 12.7. The number of pyridine rings is 1. The monoisotopic (exact) mass is 261 g/mol. The Balaban J connectivity index is 3.57. The van der Waals surface area contributed by atoms with Gasteiger partial charge in [0.25, 0.3) is 5.56 Å². The summed E-state index contributed by atoms with van der Waals surface area (Å²) >= 11 is 0. The Morgan fingerprint density at radius 1 is 1.44 bits per heavy atom. The molecule has 0 amide bonds. The van der Waals surface area contributed by atoms with Crippen LogP contribution in [0.25, 0.3) is 0 Å². The summed E-state index contributed by atoms with van der Waals surface area (Å²) in [6.07, 6.45) is -4.73. The highest BCUT2D eigenvalue weighted by atomic mass is 19.4. The molecule has 18 heavy (non-hydrogen) atoms. The molecule has 0 saturated carbocycles. The zero-order chi connectivity index (χ0) is 14.1. The molecule has 0 radical (unpaired) electrons. The second-order valence-corrected chi connectivity index (χ2v) is 3.78. The standard InChI is InChI=1S/C11H10F3NO3/c1-6(2)5-15-8(11(12,13)14)4-3-7(9(15)16)10(17)18/h3-4H,1,5H2,2H3,(H,17,18). The number of nitrogens with zero attached hydrogens (tertiary/aromatic N) is 1. The lowest BCUT2D eigenvalue weighted by Gasteiger charge is -2.15. The molecule has 1 heterocycles. The first kappa shape index (κ1) is 14.0. The topological polar surface area (TPSA) is 59.3 Å². The fraction of sp³-hybridized carbons (Fsp3) is 0.273. The lowest BCUT2D eigenvalue weighted by atomic mass is 10.2. The molecule has 1 aromatic rings. The number of rotatable bonds is 3. The van der Waals surface area contributed by atoms with Crippen LogP contribution < -0.4 is 5.56 Å². The average Bonchev–Trinajstić information content (AvgIpc) is 2.17. The SMILES string of the molecule is C=C(C)Cn1c(C(F)(F)F)ccc(C(=O)O)c1=O. The van der Waals surface area contributed by atoms with Gasteiger partial charge in [-0.05, 0) is 19.1 Å². The van der Waals surface area contributed by atoms with Crippen molar-refractivity contribution in [3.05, 3.63) is 45.9 Å². The Labute approximate surface area is 100.0 Å². The van der Waals surface area contributed by atoms with Crippen LogP contribution in [-0.2, 0) is 12.7 Å². The Morgan fingerprint density at radius 2 is 2.00 bits per heavy atom. The minimum absolute atomic E-state index is 0.310. The number of allylic oxidation sites excluding steroid dienone is 1. The highest BCUT2D eigenvalue weighted by Gasteiger charge is 2.35. The number of hydrogen-bond acceptors (Lipinski definition) is 2. The first-order valence-corrected chi connectivity index (χ1v) is 4.83. The van der Waals surface area contributed by atoms with Crippen LogP contribution in [0.1, 0.15) is 23.0 Å². The van der Waals surface area contributed by atoms with Crippen LogP contribution in [0.4, 0.5) is 13.2 Å². The molecule has 1 N–H and O–H groups in total. The van der Waals surface area contributed by atoms with E-state index >= 15 is 0 Å². The summed E-state index contributed by atoms with van der Waals surface area (Å²) in [6, 6.07) is 1.23. The van der Waals surface area contributed by atoms with Crippen molar-refractivity contribution in [2.75, 3.05) is 0 Å². The highest BCUT2D eigenvalue weighted by Crippen LogP contribution is 2.28. The van der Waals surface area contributed by atoms with Gasteiger partial charge < -0.3 is 5.11 Å². The summed E-state index contributed by atoms with van der Waals surface area (Å²) in [4.78, 5) is 22.4. The van der Waals surface area contributed by atoms with Gasteiger partial charge in [-0.1, -0.05) is 12.2 Å². The van der Waals surface area contributed by atoms with Crippen molar-refractivity contribution >= 4 is 5.97 Å². The number of aromatic nitrogens is 1. The highest BCUT2D eigenvalue weighted by molar-refractivity contribution is 5.87. The second kappa shape index (κ2) is 4.67. The summed E-state index contributed by atoms with van der Waals surface area (Å²) in [6.45, 7) is 4.48. The van der Waals surface area contributed by atoms with Gasteiger partial charge in [-0.3, -0.25) is 9.36 Å². The molecule has 0 unspecified atom stereocenters. The molecule has 98 valence electrons. The first-order chi connectivity index (χ1) is 8.14. The minimum Gasteiger partial charge on any atom is -0.477 e. The summed E-state index contributed by atoms with van der Waals surface area (Å²) in [7, 11) is 0. The molecule has 0 aliphatic carbocycles. The van der Waals surface area contributed by atoms with E-state index in [1.165, 1.54) is 6.92 Å². The van der Waals surface area contributed by atoms with E-state index in [0.29, 0.717) is 22.3 Å². The lowest BCUT2D eigenvalue weighted by Crippen LogP contribution is -2.32. The van der Waals surface area contributed by atoms with Gasteiger partial charge in [0.2, 0.25) is 0 Å². The van der Waals surface area contributed by atoms with Crippen LogP contribution in [0.15, 0.2) is 29.1 Å². The predicted molar refractivity (Wildman–Crippen MR) is 57.5 cm³/mol. The fourth-order valence-electron chi connectivity index (χ4n) is 1.42. The maximum Gasteiger partial charge on any atom is 0.431 e. The Hall–Kier alpha value is -2.05. The third-order valence-corrected chi connectivity index (χ3v) is 2.12. The third kappa shape index (κ3) is 2.79. The van der Waals surface area contributed by atoms with Crippen LogP contribution in [0, 0.1) is 0 Å². The van der Waals surface area contributed by atoms with Crippen molar-refractivity contribution in [1.29, 1.82) is 0 Å². The zero-order valence-electron chi connectivity index (χ0n) is 9.41. The van der Waals surface area contributed by atoms with E-state index in [4.69, 9.17) is 5.11 Å². The largest absolute Gasteiger partial charge is 0.477 e. The molecule has 0 saturated heterocycles. The quantitative estimate of drug-likeness (QED) is 0.848. The van der Waals surface area contributed by atoms with E-state index in [0.717, 1.165) is 0 Å². The van der Waals surface area contributed by atoms with E-state index in [1.54, 1.807) is 0 Å². The van der Waals surface area contributed by atoms with Crippen LogP contribution >= 0.6 is 0 Å². The molecule has 0 aromatic carbocycles. The van der Waals surface area contributed by atoms with Crippen LogP contribution in [0.5, 0.6) is 0 Å². The number of carbonyl (C=O) groups is 1. The van der Waals surface area contributed by atoms with Gasteiger partial charge in [0.1, 0.15) is 11.3 Å². The normalized spacial score (nSPS) is 11.3. The van der Waals surface area contributed by atoms with E-state index < -0.39 is 29.0 Å². The summed E-state index contributed by atoms with van der Waals surface area (Å²) < 4.78 is 38.4. The first-order valence-electron chi connectivity index (χ1n) is 4.83. The summed E-state index contributed by atoms with van der Waals surface area (Å²) in [5.74, 6) is -1.57. The number of carboxylic acid groups (broad SMARTS) is 1. The molecule has 0 spiro atoms. The maximum absolute atomic E-state index is 12.7. The van der Waals surface area contributed by atoms with Crippen molar-refractivity contribution in [2.45, 2.75) is 19.6 Å². The number of aromatic carboxylic acids is 1. The molecule has 4 nitrogen and oxygen atoms in total. The van der Waals surface area contributed by atoms with Gasteiger partial charge in [-0.2, -0.15) is 13.2 Å². The number of halogens is 3. The van der Waals surface area contributed by atoms with Gasteiger partial charge in [0.05, 0.1) is 0 Å². The van der Waals surface area contributed by atoms with Gasteiger partial charge in [0.15, 0.2) is 0 Å².